The third-order valence-electron chi connectivity index (χ3n) is 1.73. The van der Waals surface area contributed by atoms with Gasteiger partial charge in [-0.3, -0.25) is 0 Å². The van der Waals surface area contributed by atoms with E-state index in [1.165, 1.54) is 6.07 Å². The molecule has 0 aliphatic carbocycles. The maximum atomic E-state index is 12.4. The van der Waals surface area contributed by atoms with E-state index in [1.54, 1.807) is 0 Å². The molecular formula is C8H9BrF2N2O. The summed E-state index contributed by atoms with van der Waals surface area (Å²) in [4.78, 5) is 3.68. The number of aliphatic hydroxyl groups excluding tert-OH is 1. The average molecular weight is 267 g/mol. The molecule has 0 aliphatic rings. The Morgan fingerprint density at radius 3 is 2.64 bits per heavy atom. The minimum absolute atomic E-state index is 0.0754. The van der Waals surface area contributed by atoms with Gasteiger partial charge in [0.2, 0.25) is 0 Å². The van der Waals surface area contributed by atoms with E-state index in [2.05, 4.69) is 20.9 Å². The maximum Gasteiger partial charge on any atom is 0.280 e. The molecule has 0 unspecified atom stereocenters. The number of rotatable bonds is 3. The Kier molecular flexibility index (Phi) is 3.91. The van der Waals surface area contributed by atoms with Crippen molar-refractivity contribution in [3.8, 4) is 0 Å². The predicted molar refractivity (Wildman–Crippen MR) is 50.7 cm³/mol. The highest BCUT2D eigenvalue weighted by molar-refractivity contribution is 9.10. The quantitative estimate of drug-likeness (QED) is 0.876. The van der Waals surface area contributed by atoms with Crippen LogP contribution in [-0.2, 0) is 13.2 Å². The molecule has 0 bridgehead atoms. The summed E-state index contributed by atoms with van der Waals surface area (Å²) in [5, 5.41) is 8.83. The molecule has 0 atom stereocenters. The molecule has 1 heterocycles. The van der Waals surface area contributed by atoms with Crippen LogP contribution < -0.4 is 5.73 Å². The van der Waals surface area contributed by atoms with E-state index in [4.69, 9.17) is 10.8 Å². The third kappa shape index (κ3) is 2.26. The lowest BCUT2D eigenvalue weighted by Crippen LogP contribution is -2.07. The van der Waals surface area contributed by atoms with Crippen molar-refractivity contribution in [1.29, 1.82) is 0 Å². The number of hydrogen-bond acceptors (Lipinski definition) is 3. The van der Waals surface area contributed by atoms with Gasteiger partial charge < -0.3 is 10.8 Å². The lowest BCUT2D eigenvalue weighted by molar-refractivity contribution is 0.141. The monoisotopic (exact) mass is 266 g/mol. The second-order valence-corrected chi connectivity index (χ2v) is 3.48. The van der Waals surface area contributed by atoms with Crippen molar-refractivity contribution in [1.82, 2.24) is 4.98 Å². The average Bonchev–Trinajstić information content (AvgIpc) is 2.16. The van der Waals surface area contributed by atoms with Crippen molar-refractivity contribution >= 4 is 15.9 Å². The summed E-state index contributed by atoms with van der Waals surface area (Å²) < 4.78 is 25.4. The Balaban J connectivity index is 3.25. The summed E-state index contributed by atoms with van der Waals surface area (Å²) in [6.07, 6.45) is -2.70. The Bertz CT molecular complexity index is 333. The van der Waals surface area contributed by atoms with Crippen LogP contribution in [0, 0.1) is 0 Å². The van der Waals surface area contributed by atoms with Gasteiger partial charge in [-0.2, -0.15) is 0 Å². The lowest BCUT2D eigenvalue weighted by Gasteiger charge is -2.09. The van der Waals surface area contributed by atoms with Crippen molar-refractivity contribution in [3.63, 3.8) is 0 Å². The van der Waals surface area contributed by atoms with Crippen LogP contribution in [0.2, 0.25) is 0 Å². The zero-order chi connectivity index (χ0) is 10.7. The highest BCUT2D eigenvalue weighted by Gasteiger charge is 2.16. The molecule has 1 aromatic rings. The Labute approximate surface area is 88.1 Å². The van der Waals surface area contributed by atoms with Crippen LogP contribution in [0.1, 0.15) is 23.4 Å². The first-order valence-corrected chi connectivity index (χ1v) is 4.66. The van der Waals surface area contributed by atoms with Crippen LogP contribution in [0.25, 0.3) is 0 Å². The summed E-state index contributed by atoms with van der Waals surface area (Å²) in [5.41, 5.74) is 5.38. The SMILES string of the molecule is NCc1nc(C(F)F)c(CO)cc1Br. The summed E-state index contributed by atoms with van der Waals surface area (Å²) in [7, 11) is 0. The van der Waals surface area contributed by atoms with E-state index in [1.807, 2.05) is 0 Å². The van der Waals surface area contributed by atoms with E-state index in [9.17, 15) is 8.78 Å². The van der Waals surface area contributed by atoms with Gasteiger partial charge in [0, 0.05) is 16.6 Å². The van der Waals surface area contributed by atoms with Gasteiger partial charge in [0.25, 0.3) is 6.43 Å². The summed E-state index contributed by atoms with van der Waals surface area (Å²) in [5.74, 6) is 0. The number of aromatic nitrogens is 1. The van der Waals surface area contributed by atoms with E-state index in [-0.39, 0.29) is 12.1 Å². The molecule has 1 aromatic heterocycles. The smallest absolute Gasteiger partial charge is 0.280 e. The van der Waals surface area contributed by atoms with Crippen molar-refractivity contribution in [2.45, 2.75) is 19.6 Å². The van der Waals surface area contributed by atoms with Gasteiger partial charge in [-0.05, 0) is 22.0 Å². The predicted octanol–water partition coefficient (Wildman–Crippen LogP) is 1.73. The molecule has 6 heteroatoms. The molecule has 0 radical (unpaired) electrons. The Morgan fingerprint density at radius 2 is 2.21 bits per heavy atom. The van der Waals surface area contributed by atoms with Crippen molar-refractivity contribution in [3.05, 3.63) is 27.5 Å². The molecule has 0 amide bonds. The molecule has 0 aliphatic heterocycles. The zero-order valence-electron chi connectivity index (χ0n) is 7.17. The van der Waals surface area contributed by atoms with E-state index in [0.29, 0.717) is 10.2 Å². The number of halogens is 3. The van der Waals surface area contributed by atoms with Crippen molar-refractivity contribution < 1.29 is 13.9 Å². The van der Waals surface area contributed by atoms with Crippen LogP contribution in [0.4, 0.5) is 8.78 Å². The van der Waals surface area contributed by atoms with Gasteiger partial charge in [-0.25, -0.2) is 13.8 Å². The molecule has 0 saturated carbocycles. The van der Waals surface area contributed by atoms with Gasteiger partial charge in [-0.15, -0.1) is 0 Å². The van der Waals surface area contributed by atoms with Gasteiger partial charge in [0.15, 0.2) is 0 Å². The topological polar surface area (TPSA) is 59.1 Å². The molecule has 0 fully saturated rings. The first-order chi connectivity index (χ1) is 6.60. The molecule has 1 rings (SSSR count). The number of alkyl halides is 2. The number of hydrogen-bond donors (Lipinski definition) is 2. The largest absolute Gasteiger partial charge is 0.392 e. The molecule has 3 N–H and O–H groups in total. The summed E-state index contributed by atoms with van der Waals surface area (Å²) >= 11 is 3.13. The second-order valence-electron chi connectivity index (χ2n) is 2.62. The molecule has 0 aromatic carbocycles. The maximum absolute atomic E-state index is 12.4. The number of nitrogens with two attached hydrogens (primary N) is 1. The van der Waals surface area contributed by atoms with E-state index >= 15 is 0 Å². The summed E-state index contributed by atoms with van der Waals surface area (Å²) in [6, 6.07) is 1.41. The minimum atomic E-state index is -2.70. The fraction of sp³-hybridized carbons (Fsp3) is 0.375. The normalized spacial score (nSPS) is 11.0. The van der Waals surface area contributed by atoms with Crippen molar-refractivity contribution in [2.75, 3.05) is 0 Å². The first kappa shape index (κ1) is 11.5. The highest BCUT2D eigenvalue weighted by Crippen LogP contribution is 2.25. The van der Waals surface area contributed by atoms with E-state index in [0.717, 1.165) is 0 Å². The molecule has 0 saturated heterocycles. The highest BCUT2D eigenvalue weighted by atomic mass is 79.9. The third-order valence-corrected chi connectivity index (χ3v) is 2.42. The molecular weight excluding hydrogens is 258 g/mol. The van der Waals surface area contributed by atoms with Crippen LogP contribution in [0.3, 0.4) is 0 Å². The van der Waals surface area contributed by atoms with Gasteiger partial charge in [0.05, 0.1) is 12.3 Å². The number of aliphatic hydroxyl groups is 1. The van der Waals surface area contributed by atoms with Gasteiger partial charge in [-0.1, -0.05) is 0 Å². The molecule has 78 valence electrons. The Morgan fingerprint density at radius 1 is 1.57 bits per heavy atom. The fourth-order valence-electron chi connectivity index (χ4n) is 1.04. The standard InChI is InChI=1S/C8H9BrF2N2O/c9-5-1-4(3-14)7(8(10)11)13-6(5)2-12/h1,8,14H,2-3,12H2. The molecule has 3 nitrogen and oxygen atoms in total. The fourth-order valence-corrected chi connectivity index (χ4v) is 1.57. The van der Waals surface area contributed by atoms with Crippen LogP contribution in [-0.4, -0.2) is 10.1 Å². The van der Waals surface area contributed by atoms with Gasteiger partial charge >= 0.3 is 0 Å². The minimum Gasteiger partial charge on any atom is -0.392 e. The number of nitrogens with zero attached hydrogens (tertiary/aromatic N) is 1. The Hall–Kier alpha value is -0.590. The lowest BCUT2D eigenvalue weighted by atomic mass is 10.2. The first-order valence-electron chi connectivity index (χ1n) is 3.87. The number of pyridine rings is 1. The van der Waals surface area contributed by atoms with Crippen LogP contribution in [0.5, 0.6) is 0 Å². The van der Waals surface area contributed by atoms with Crippen LogP contribution in [0.15, 0.2) is 10.5 Å². The van der Waals surface area contributed by atoms with Gasteiger partial charge in [0.1, 0.15) is 5.69 Å². The van der Waals surface area contributed by atoms with E-state index < -0.39 is 18.7 Å². The molecule has 14 heavy (non-hydrogen) atoms. The van der Waals surface area contributed by atoms with Crippen molar-refractivity contribution in [2.24, 2.45) is 5.73 Å². The van der Waals surface area contributed by atoms with Crippen LogP contribution >= 0.6 is 15.9 Å². The second kappa shape index (κ2) is 4.77. The molecule has 0 spiro atoms. The zero-order valence-corrected chi connectivity index (χ0v) is 8.76. The summed E-state index contributed by atoms with van der Waals surface area (Å²) in [6.45, 7) is -0.387.